The molecular formula is C20H22N2O. The van der Waals surface area contributed by atoms with Crippen LogP contribution in [0, 0.1) is 0 Å². The van der Waals surface area contributed by atoms with E-state index in [-0.39, 0.29) is 5.78 Å². The molecule has 1 unspecified atom stereocenters. The number of carbonyl (C=O) groups is 1. The van der Waals surface area contributed by atoms with Crippen LogP contribution in [-0.2, 0) is 0 Å². The smallest absolute Gasteiger partial charge is 0.178 e. The van der Waals surface area contributed by atoms with E-state index in [2.05, 4.69) is 44.0 Å². The normalized spacial score (nSPS) is 16.9. The lowest BCUT2D eigenvalue weighted by Gasteiger charge is -2.24. The van der Waals surface area contributed by atoms with Crippen LogP contribution in [0.1, 0.15) is 73.3 Å². The molecule has 0 fully saturated rings. The van der Waals surface area contributed by atoms with Gasteiger partial charge in [0.1, 0.15) is 5.69 Å². The number of pyridine rings is 1. The van der Waals surface area contributed by atoms with Crippen LogP contribution in [0.2, 0.25) is 0 Å². The molecule has 2 aromatic rings. The fourth-order valence-electron chi connectivity index (χ4n) is 3.11. The van der Waals surface area contributed by atoms with Crippen molar-refractivity contribution in [3.8, 4) is 0 Å². The molecule has 3 nitrogen and oxygen atoms in total. The first-order valence-corrected chi connectivity index (χ1v) is 8.16. The van der Waals surface area contributed by atoms with Crippen molar-refractivity contribution in [2.24, 2.45) is 4.99 Å². The van der Waals surface area contributed by atoms with Crippen molar-refractivity contribution < 1.29 is 4.79 Å². The van der Waals surface area contributed by atoms with E-state index < -0.39 is 0 Å². The zero-order chi connectivity index (χ0) is 16.6. The third-order valence-electron chi connectivity index (χ3n) is 4.40. The van der Waals surface area contributed by atoms with E-state index in [4.69, 9.17) is 4.99 Å². The van der Waals surface area contributed by atoms with E-state index in [0.717, 1.165) is 23.5 Å². The third kappa shape index (κ3) is 2.96. The van der Waals surface area contributed by atoms with Crippen molar-refractivity contribution in [1.29, 1.82) is 0 Å². The summed E-state index contributed by atoms with van der Waals surface area (Å²) in [6.07, 6.45) is 0.850. The lowest BCUT2D eigenvalue weighted by Crippen LogP contribution is -2.14. The summed E-state index contributed by atoms with van der Waals surface area (Å²) in [6.45, 7) is 8.16. The van der Waals surface area contributed by atoms with Gasteiger partial charge in [-0.05, 0) is 41.5 Å². The quantitative estimate of drug-likeness (QED) is 0.746. The van der Waals surface area contributed by atoms with Crippen LogP contribution in [0.5, 0.6) is 0 Å². The molecule has 2 heterocycles. The Bertz CT molecular complexity index is 790. The number of nitrogens with zero attached hydrogens (tertiary/aromatic N) is 2. The van der Waals surface area contributed by atoms with Crippen molar-refractivity contribution in [3.63, 3.8) is 0 Å². The second-order valence-corrected chi connectivity index (χ2v) is 6.57. The summed E-state index contributed by atoms with van der Waals surface area (Å²) in [5.74, 6) is 0.815. The van der Waals surface area contributed by atoms with Crippen molar-refractivity contribution in [3.05, 3.63) is 58.9 Å². The molecule has 0 N–H and O–H groups in total. The van der Waals surface area contributed by atoms with Crippen LogP contribution in [0.25, 0.3) is 0 Å². The summed E-state index contributed by atoms with van der Waals surface area (Å²) >= 11 is 0. The van der Waals surface area contributed by atoms with E-state index in [0.29, 0.717) is 17.5 Å². The summed E-state index contributed by atoms with van der Waals surface area (Å²) in [6, 6.07) is 12.0. The minimum Gasteiger partial charge on any atom is -0.293 e. The summed E-state index contributed by atoms with van der Waals surface area (Å²) in [7, 11) is 0. The van der Waals surface area contributed by atoms with Gasteiger partial charge < -0.3 is 0 Å². The van der Waals surface area contributed by atoms with Crippen LogP contribution in [0.15, 0.2) is 41.4 Å². The largest absolute Gasteiger partial charge is 0.293 e. The number of rotatable bonds is 3. The molecule has 1 aromatic heterocycles. The molecule has 0 saturated carbocycles. The average molecular weight is 306 g/mol. The van der Waals surface area contributed by atoms with Gasteiger partial charge in [-0.25, -0.2) is 4.98 Å². The molecule has 0 spiro atoms. The topological polar surface area (TPSA) is 42.3 Å². The molecule has 118 valence electrons. The molecule has 1 aromatic carbocycles. The van der Waals surface area contributed by atoms with Gasteiger partial charge in [-0.1, -0.05) is 45.0 Å². The zero-order valence-electron chi connectivity index (χ0n) is 14.1. The highest BCUT2D eigenvalue weighted by Crippen LogP contribution is 2.40. The number of hydrogen-bond acceptors (Lipinski definition) is 3. The van der Waals surface area contributed by atoms with Crippen LogP contribution in [0.4, 0.5) is 5.69 Å². The van der Waals surface area contributed by atoms with Gasteiger partial charge in [-0.2, -0.15) is 0 Å². The average Bonchev–Trinajstić information content (AvgIpc) is 2.54. The second kappa shape index (κ2) is 6.07. The maximum Gasteiger partial charge on any atom is 0.178 e. The molecule has 0 bridgehead atoms. The molecule has 3 heteroatoms. The molecular weight excluding hydrogens is 284 g/mol. The number of carbonyl (C=O) groups excluding carboxylic acids is 1. The first-order valence-electron chi connectivity index (χ1n) is 8.16. The van der Waals surface area contributed by atoms with Crippen molar-refractivity contribution in [2.45, 2.75) is 46.0 Å². The Morgan fingerprint density at radius 3 is 2.61 bits per heavy atom. The van der Waals surface area contributed by atoms with Crippen LogP contribution in [0.3, 0.4) is 0 Å². The Morgan fingerprint density at radius 2 is 1.91 bits per heavy atom. The van der Waals surface area contributed by atoms with Crippen LogP contribution < -0.4 is 0 Å². The van der Waals surface area contributed by atoms with Gasteiger partial charge in [-0.3, -0.25) is 9.79 Å². The predicted octanol–water partition coefficient (Wildman–Crippen LogP) is 5.04. The summed E-state index contributed by atoms with van der Waals surface area (Å²) in [5, 5.41) is 0. The maximum absolute atomic E-state index is 11.6. The van der Waals surface area contributed by atoms with Crippen molar-refractivity contribution >= 4 is 17.2 Å². The maximum atomic E-state index is 11.6. The van der Waals surface area contributed by atoms with Crippen molar-refractivity contribution in [2.75, 3.05) is 0 Å². The van der Waals surface area contributed by atoms with E-state index in [1.807, 2.05) is 12.1 Å². The minimum atomic E-state index is -0.0143. The fourth-order valence-corrected chi connectivity index (χ4v) is 3.11. The van der Waals surface area contributed by atoms with Gasteiger partial charge in [0.05, 0.1) is 17.1 Å². The molecule has 1 aliphatic rings. The number of hydrogen-bond donors (Lipinski definition) is 0. The van der Waals surface area contributed by atoms with Gasteiger partial charge >= 0.3 is 0 Å². The Labute approximate surface area is 137 Å². The number of fused-ring (bicyclic) bond motifs is 1. The van der Waals surface area contributed by atoms with Crippen LogP contribution in [-0.4, -0.2) is 16.5 Å². The fraction of sp³-hybridized carbons (Fsp3) is 0.350. The highest BCUT2D eigenvalue weighted by Gasteiger charge is 2.23. The molecule has 0 aliphatic carbocycles. The monoisotopic (exact) mass is 306 g/mol. The van der Waals surface area contributed by atoms with E-state index in [1.54, 1.807) is 13.0 Å². The highest BCUT2D eigenvalue weighted by molar-refractivity contribution is 6.03. The SMILES string of the molecule is CC(=O)c1cccc(C2=Nc3c(C(C)C)cccc3C(C)C2)n1. The van der Waals surface area contributed by atoms with Crippen molar-refractivity contribution in [1.82, 2.24) is 4.98 Å². The second-order valence-electron chi connectivity index (χ2n) is 6.57. The molecule has 0 saturated heterocycles. The molecule has 1 atom stereocenters. The van der Waals surface area contributed by atoms with Gasteiger partial charge in [-0.15, -0.1) is 0 Å². The first-order chi connectivity index (χ1) is 11.0. The van der Waals surface area contributed by atoms with E-state index >= 15 is 0 Å². The molecule has 23 heavy (non-hydrogen) atoms. The lowest BCUT2D eigenvalue weighted by molar-refractivity contribution is 0.101. The molecule has 3 rings (SSSR count). The Balaban J connectivity index is 2.12. The Hall–Kier alpha value is -2.29. The first kappa shape index (κ1) is 15.6. The van der Waals surface area contributed by atoms with Gasteiger partial charge in [0.2, 0.25) is 0 Å². The van der Waals surface area contributed by atoms with E-state index in [1.165, 1.54) is 11.1 Å². The number of para-hydroxylation sites is 1. The van der Waals surface area contributed by atoms with Gasteiger partial charge in [0.15, 0.2) is 5.78 Å². The summed E-state index contributed by atoms with van der Waals surface area (Å²) in [4.78, 5) is 21.0. The minimum absolute atomic E-state index is 0.0143. The van der Waals surface area contributed by atoms with E-state index in [9.17, 15) is 4.79 Å². The highest BCUT2D eigenvalue weighted by atomic mass is 16.1. The summed E-state index contributed by atoms with van der Waals surface area (Å²) in [5.41, 5.74) is 5.96. The number of Topliss-reactive ketones (excluding diaryl/α,β-unsaturated/α-hetero) is 1. The zero-order valence-corrected chi connectivity index (χ0v) is 14.1. The third-order valence-corrected chi connectivity index (χ3v) is 4.40. The molecule has 0 radical (unpaired) electrons. The number of aliphatic imine (C=N–C) groups is 1. The Kier molecular flexibility index (Phi) is 4.12. The predicted molar refractivity (Wildman–Crippen MR) is 94.0 cm³/mol. The van der Waals surface area contributed by atoms with Gasteiger partial charge in [0, 0.05) is 6.92 Å². The number of benzene rings is 1. The Morgan fingerprint density at radius 1 is 1.17 bits per heavy atom. The van der Waals surface area contributed by atoms with Gasteiger partial charge in [0.25, 0.3) is 0 Å². The van der Waals surface area contributed by atoms with Crippen LogP contribution >= 0.6 is 0 Å². The molecule has 1 aliphatic heterocycles. The summed E-state index contributed by atoms with van der Waals surface area (Å²) < 4.78 is 0. The number of ketones is 1. The number of aromatic nitrogens is 1. The standard InChI is InChI=1S/C20H22N2O/c1-12(2)15-7-5-8-16-13(3)11-19(22-20(15)16)18-10-6-9-17(21-18)14(4)23/h5-10,12-13H,11H2,1-4H3. The lowest BCUT2D eigenvalue weighted by atomic mass is 9.86. The molecule has 0 amide bonds.